The molecule has 1 aromatic carbocycles. The van der Waals surface area contributed by atoms with Crippen LogP contribution >= 0.6 is 11.3 Å². The Morgan fingerprint density at radius 1 is 1.15 bits per heavy atom. The van der Waals surface area contributed by atoms with E-state index in [0.717, 1.165) is 10.7 Å². The highest BCUT2D eigenvalue weighted by Gasteiger charge is 2.20. The van der Waals surface area contributed by atoms with Gasteiger partial charge in [-0.2, -0.15) is 5.10 Å². The molecular formula is C19H17N5O2S. The lowest BCUT2D eigenvalue weighted by Crippen LogP contribution is -2.16. The molecule has 0 fully saturated rings. The van der Waals surface area contributed by atoms with Crippen LogP contribution in [0.2, 0.25) is 0 Å². The predicted molar refractivity (Wildman–Crippen MR) is 103 cm³/mol. The summed E-state index contributed by atoms with van der Waals surface area (Å²) < 4.78 is 7.02. The number of nitrogens with zero attached hydrogens (tertiary/aromatic N) is 4. The number of para-hydroxylation sites is 1. The van der Waals surface area contributed by atoms with Crippen LogP contribution in [0.3, 0.4) is 0 Å². The van der Waals surface area contributed by atoms with Gasteiger partial charge in [0.15, 0.2) is 5.76 Å². The van der Waals surface area contributed by atoms with Crippen LogP contribution in [-0.2, 0) is 0 Å². The van der Waals surface area contributed by atoms with Crippen molar-refractivity contribution < 1.29 is 9.21 Å². The van der Waals surface area contributed by atoms with Crippen LogP contribution in [0.25, 0.3) is 17.1 Å². The Morgan fingerprint density at radius 2 is 1.96 bits per heavy atom. The highest BCUT2D eigenvalue weighted by molar-refractivity contribution is 7.15. The second-order valence-electron chi connectivity index (χ2n) is 6.19. The van der Waals surface area contributed by atoms with Crippen LogP contribution in [0.4, 0.5) is 5.13 Å². The minimum Gasteiger partial charge on any atom is -0.463 e. The highest BCUT2D eigenvalue weighted by atomic mass is 32.1. The van der Waals surface area contributed by atoms with Gasteiger partial charge in [-0.25, -0.2) is 4.68 Å². The van der Waals surface area contributed by atoms with Crippen LogP contribution in [0, 0.1) is 0 Å². The van der Waals surface area contributed by atoms with Gasteiger partial charge in [-0.05, 0) is 24.3 Å². The molecule has 7 nitrogen and oxygen atoms in total. The molecule has 0 atom stereocenters. The fourth-order valence-electron chi connectivity index (χ4n) is 2.53. The normalized spacial score (nSPS) is 11.1. The van der Waals surface area contributed by atoms with Crippen LogP contribution in [0.5, 0.6) is 0 Å². The molecule has 8 heteroatoms. The van der Waals surface area contributed by atoms with Gasteiger partial charge in [0.25, 0.3) is 5.91 Å². The Morgan fingerprint density at radius 3 is 2.63 bits per heavy atom. The Labute approximate surface area is 159 Å². The summed E-state index contributed by atoms with van der Waals surface area (Å²) in [5.74, 6) is 0.543. The number of anilines is 1. The number of carbonyl (C=O) groups is 1. The average Bonchev–Trinajstić information content (AvgIpc) is 3.42. The highest BCUT2D eigenvalue weighted by Crippen LogP contribution is 2.25. The van der Waals surface area contributed by atoms with E-state index in [9.17, 15) is 4.79 Å². The smallest absolute Gasteiger partial charge is 0.276 e. The Kier molecular flexibility index (Phi) is 4.55. The first-order valence-corrected chi connectivity index (χ1v) is 9.27. The summed E-state index contributed by atoms with van der Waals surface area (Å²) in [4.78, 5) is 12.9. The number of nitrogens with one attached hydrogen (secondary N) is 1. The largest absolute Gasteiger partial charge is 0.463 e. The number of aromatic nitrogens is 4. The summed E-state index contributed by atoms with van der Waals surface area (Å²) in [7, 11) is 0. The van der Waals surface area contributed by atoms with Crippen LogP contribution < -0.4 is 5.32 Å². The van der Waals surface area contributed by atoms with Crippen molar-refractivity contribution in [2.75, 3.05) is 5.32 Å². The topological polar surface area (TPSA) is 85.8 Å². The fourth-order valence-corrected chi connectivity index (χ4v) is 3.27. The van der Waals surface area contributed by atoms with Crippen molar-refractivity contribution in [1.29, 1.82) is 0 Å². The summed E-state index contributed by atoms with van der Waals surface area (Å²) in [6, 6.07) is 14.8. The van der Waals surface area contributed by atoms with Crippen molar-refractivity contribution in [3.8, 4) is 17.1 Å². The van der Waals surface area contributed by atoms with Gasteiger partial charge in [0.1, 0.15) is 16.4 Å². The van der Waals surface area contributed by atoms with Crippen LogP contribution in [-0.4, -0.2) is 25.9 Å². The molecule has 0 aliphatic heterocycles. The zero-order valence-corrected chi connectivity index (χ0v) is 15.6. The number of hydrogen-bond acceptors (Lipinski definition) is 6. The summed E-state index contributed by atoms with van der Waals surface area (Å²) in [5, 5.41) is 16.9. The molecule has 0 saturated heterocycles. The lowest BCUT2D eigenvalue weighted by atomic mass is 10.2. The lowest BCUT2D eigenvalue weighted by molar-refractivity contribution is 0.101. The van der Waals surface area contributed by atoms with Crippen molar-refractivity contribution in [3.63, 3.8) is 0 Å². The number of furan rings is 1. The van der Waals surface area contributed by atoms with E-state index in [2.05, 4.69) is 20.6 Å². The standard InChI is InChI=1S/C19H17N5O2S/c1-12(2)18-21-22-19(27-18)20-17(25)15-11-14(16-9-6-10-26-16)23-24(15)13-7-4-3-5-8-13/h3-12H,1-2H3,(H,20,22,25). The molecule has 4 aromatic rings. The molecule has 3 heterocycles. The van der Waals surface area contributed by atoms with Gasteiger partial charge < -0.3 is 4.42 Å². The van der Waals surface area contributed by atoms with E-state index in [1.807, 2.05) is 44.2 Å². The lowest BCUT2D eigenvalue weighted by Gasteiger charge is -2.06. The number of rotatable bonds is 5. The number of hydrogen-bond donors (Lipinski definition) is 1. The van der Waals surface area contributed by atoms with Crippen molar-refractivity contribution in [2.24, 2.45) is 0 Å². The van der Waals surface area contributed by atoms with Crippen molar-refractivity contribution in [2.45, 2.75) is 19.8 Å². The molecule has 4 rings (SSSR count). The van der Waals surface area contributed by atoms with Gasteiger partial charge in [-0.1, -0.05) is 43.4 Å². The van der Waals surface area contributed by atoms with E-state index in [1.54, 1.807) is 29.1 Å². The maximum Gasteiger partial charge on any atom is 0.276 e. The molecule has 0 bridgehead atoms. The summed E-state index contributed by atoms with van der Waals surface area (Å²) in [6.45, 7) is 4.07. The quantitative estimate of drug-likeness (QED) is 0.557. The van der Waals surface area contributed by atoms with Gasteiger partial charge in [-0.3, -0.25) is 10.1 Å². The van der Waals surface area contributed by atoms with Crippen LogP contribution in [0.1, 0.15) is 35.3 Å². The predicted octanol–water partition coefficient (Wildman–Crippen LogP) is 4.36. The van der Waals surface area contributed by atoms with Crippen LogP contribution in [0.15, 0.2) is 59.2 Å². The summed E-state index contributed by atoms with van der Waals surface area (Å²) in [5.41, 5.74) is 1.74. The summed E-state index contributed by atoms with van der Waals surface area (Å²) >= 11 is 1.37. The molecule has 136 valence electrons. The van der Waals surface area contributed by atoms with Gasteiger partial charge in [0.05, 0.1) is 12.0 Å². The second-order valence-corrected chi connectivity index (χ2v) is 7.20. The fraction of sp³-hybridized carbons (Fsp3) is 0.158. The number of benzene rings is 1. The van der Waals surface area contributed by atoms with Crippen molar-refractivity contribution in [1.82, 2.24) is 20.0 Å². The molecule has 1 amide bonds. The zero-order valence-electron chi connectivity index (χ0n) is 14.8. The monoisotopic (exact) mass is 379 g/mol. The number of amides is 1. The maximum atomic E-state index is 12.9. The first-order valence-electron chi connectivity index (χ1n) is 8.46. The molecule has 27 heavy (non-hydrogen) atoms. The molecule has 0 aliphatic carbocycles. The maximum absolute atomic E-state index is 12.9. The van der Waals surface area contributed by atoms with Gasteiger partial charge in [0, 0.05) is 12.0 Å². The van der Waals surface area contributed by atoms with E-state index in [-0.39, 0.29) is 11.8 Å². The van der Waals surface area contributed by atoms with E-state index in [0.29, 0.717) is 22.3 Å². The second kappa shape index (κ2) is 7.16. The van der Waals surface area contributed by atoms with E-state index >= 15 is 0 Å². The van der Waals surface area contributed by atoms with Gasteiger partial charge in [-0.15, -0.1) is 10.2 Å². The third-order valence-electron chi connectivity index (χ3n) is 3.87. The molecule has 1 N–H and O–H groups in total. The SMILES string of the molecule is CC(C)c1nnc(NC(=O)c2cc(-c3ccco3)nn2-c2ccccc2)s1. The first kappa shape index (κ1) is 17.2. The van der Waals surface area contributed by atoms with E-state index in [4.69, 9.17) is 4.42 Å². The molecule has 0 spiro atoms. The first-order chi connectivity index (χ1) is 13.1. The van der Waals surface area contributed by atoms with Gasteiger partial charge >= 0.3 is 0 Å². The van der Waals surface area contributed by atoms with Crippen molar-refractivity contribution >= 4 is 22.4 Å². The number of carbonyl (C=O) groups excluding carboxylic acids is 1. The Bertz CT molecular complexity index is 1050. The third-order valence-corrected chi connectivity index (χ3v) is 5.01. The minimum absolute atomic E-state index is 0.258. The molecular weight excluding hydrogens is 362 g/mol. The zero-order chi connectivity index (χ0) is 18.8. The molecule has 0 saturated carbocycles. The molecule has 3 aromatic heterocycles. The van der Waals surface area contributed by atoms with E-state index < -0.39 is 0 Å². The average molecular weight is 379 g/mol. The van der Waals surface area contributed by atoms with E-state index in [1.165, 1.54) is 11.3 Å². The molecule has 0 unspecified atom stereocenters. The minimum atomic E-state index is -0.310. The van der Waals surface area contributed by atoms with Crippen molar-refractivity contribution in [3.05, 3.63) is 65.5 Å². The molecule has 0 aliphatic rings. The van der Waals surface area contributed by atoms with Gasteiger partial charge in [0.2, 0.25) is 5.13 Å². The Balaban J connectivity index is 1.70. The molecule has 0 radical (unpaired) electrons. The third kappa shape index (κ3) is 3.52. The Hall–Kier alpha value is -3.26. The summed E-state index contributed by atoms with van der Waals surface area (Å²) in [6.07, 6.45) is 1.57.